The lowest BCUT2D eigenvalue weighted by molar-refractivity contribution is -0.130. The third-order valence-corrected chi connectivity index (χ3v) is 4.83. The van der Waals surface area contributed by atoms with Crippen molar-refractivity contribution in [3.63, 3.8) is 0 Å². The van der Waals surface area contributed by atoms with E-state index in [0.717, 1.165) is 32.1 Å². The van der Waals surface area contributed by atoms with Crippen LogP contribution in [-0.4, -0.2) is 41.9 Å². The highest BCUT2D eigenvalue weighted by Crippen LogP contribution is 2.29. The quantitative estimate of drug-likeness (QED) is 0.747. The number of halogens is 1. The predicted molar refractivity (Wildman–Crippen MR) is 89.8 cm³/mol. The van der Waals surface area contributed by atoms with E-state index in [9.17, 15) is 9.59 Å². The Hall–Kier alpha value is -0.810. The van der Waals surface area contributed by atoms with E-state index in [0.29, 0.717) is 25.6 Å². The van der Waals surface area contributed by atoms with Gasteiger partial charge < -0.3 is 16.0 Å². The van der Waals surface area contributed by atoms with Gasteiger partial charge in [-0.2, -0.15) is 0 Å². The highest BCUT2D eigenvalue weighted by Gasteiger charge is 2.38. The molecule has 128 valence electrons. The van der Waals surface area contributed by atoms with Crippen molar-refractivity contribution in [2.75, 3.05) is 13.1 Å². The number of likely N-dealkylation sites (tertiary alicyclic amines) is 1. The summed E-state index contributed by atoms with van der Waals surface area (Å²) in [5.74, 6) is -0.0240. The van der Waals surface area contributed by atoms with E-state index in [1.165, 1.54) is 12.8 Å². The Morgan fingerprint density at radius 2 is 2.09 bits per heavy atom. The first-order valence-electron chi connectivity index (χ1n) is 8.45. The smallest absolute Gasteiger partial charge is 0.225 e. The van der Waals surface area contributed by atoms with Crippen molar-refractivity contribution in [2.24, 2.45) is 11.7 Å². The minimum absolute atomic E-state index is 0. The first-order chi connectivity index (χ1) is 10.2. The molecule has 2 fully saturated rings. The number of hydrogen-bond donors (Lipinski definition) is 2. The largest absolute Gasteiger partial charge is 0.352 e. The van der Waals surface area contributed by atoms with Crippen molar-refractivity contribution in [3.8, 4) is 0 Å². The minimum Gasteiger partial charge on any atom is -0.352 e. The maximum atomic E-state index is 12.3. The molecule has 22 heavy (non-hydrogen) atoms. The van der Waals surface area contributed by atoms with Crippen molar-refractivity contribution in [1.82, 2.24) is 10.2 Å². The topological polar surface area (TPSA) is 75.4 Å². The third-order valence-electron chi connectivity index (χ3n) is 4.83. The first kappa shape index (κ1) is 19.2. The molecule has 2 atom stereocenters. The highest BCUT2D eigenvalue weighted by molar-refractivity contribution is 5.89. The number of carbonyl (C=O) groups is 2. The van der Waals surface area contributed by atoms with Crippen LogP contribution in [0.15, 0.2) is 0 Å². The summed E-state index contributed by atoms with van der Waals surface area (Å²) in [6, 6.07) is 0.425. The molecule has 2 aliphatic rings. The number of amides is 2. The summed E-state index contributed by atoms with van der Waals surface area (Å²) in [7, 11) is 0. The van der Waals surface area contributed by atoms with E-state index in [1.54, 1.807) is 0 Å². The van der Waals surface area contributed by atoms with Gasteiger partial charge in [-0.15, -0.1) is 12.4 Å². The van der Waals surface area contributed by atoms with Gasteiger partial charge in [0.25, 0.3) is 0 Å². The monoisotopic (exact) mass is 331 g/mol. The molecule has 0 aromatic rings. The fourth-order valence-corrected chi connectivity index (χ4v) is 3.49. The number of rotatable bonds is 7. The second-order valence-corrected chi connectivity index (χ2v) is 6.47. The molecule has 3 N–H and O–H groups in total. The van der Waals surface area contributed by atoms with Crippen molar-refractivity contribution in [1.29, 1.82) is 0 Å². The van der Waals surface area contributed by atoms with Crippen LogP contribution in [0.25, 0.3) is 0 Å². The Balaban J connectivity index is 0.00000242. The van der Waals surface area contributed by atoms with Crippen LogP contribution in [0.1, 0.15) is 58.3 Å². The molecule has 0 spiro atoms. The summed E-state index contributed by atoms with van der Waals surface area (Å²) in [5, 5.41) is 3.03. The van der Waals surface area contributed by atoms with E-state index in [-0.39, 0.29) is 36.2 Å². The summed E-state index contributed by atoms with van der Waals surface area (Å²) < 4.78 is 0. The summed E-state index contributed by atoms with van der Waals surface area (Å²) in [4.78, 5) is 26.4. The Bertz CT molecular complexity index is 372. The standard InChI is InChI=1S/C16H29N3O2.ClH/c1-2-3-6-13(10-17)18-16(21)12-9-15(20)19(11-12)14-7-4-5-8-14;/h12-14H,2-11,17H2,1H3,(H,18,21);1H. The van der Waals surface area contributed by atoms with Crippen molar-refractivity contribution >= 4 is 24.2 Å². The van der Waals surface area contributed by atoms with Crippen LogP contribution in [0.3, 0.4) is 0 Å². The molecular weight excluding hydrogens is 302 g/mol. The van der Waals surface area contributed by atoms with Crippen LogP contribution in [0.5, 0.6) is 0 Å². The van der Waals surface area contributed by atoms with Crippen LogP contribution >= 0.6 is 12.4 Å². The van der Waals surface area contributed by atoms with Crippen LogP contribution in [0.2, 0.25) is 0 Å². The number of carbonyl (C=O) groups excluding carboxylic acids is 2. The van der Waals surface area contributed by atoms with Gasteiger partial charge in [0.15, 0.2) is 0 Å². The van der Waals surface area contributed by atoms with Crippen LogP contribution in [-0.2, 0) is 9.59 Å². The minimum atomic E-state index is -0.186. The molecular formula is C16H30ClN3O2. The molecule has 1 aliphatic carbocycles. The SMILES string of the molecule is CCCCC(CN)NC(=O)C1CC(=O)N(C2CCCC2)C1.Cl. The van der Waals surface area contributed by atoms with Crippen molar-refractivity contribution < 1.29 is 9.59 Å². The molecule has 2 rings (SSSR count). The lowest BCUT2D eigenvalue weighted by Gasteiger charge is -2.24. The van der Waals surface area contributed by atoms with E-state index < -0.39 is 0 Å². The van der Waals surface area contributed by atoms with Gasteiger partial charge in [-0.3, -0.25) is 9.59 Å². The summed E-state index contributed by atoms with van der Waals surface area (Å²) in [6.45, 7) is 3.20. The molecule has 1 aliphatic heterocycles. The zero-order valence-corrected chi connectivity index (χ0v) is 14.4. The molecule has 0 radical (unpaired) electrons. The van der Waals surface area contributed by atoms with E-state index >= 15 is 0 Å². The average molecular weight is 332 g/mol. The molecule has 1 saturated carbocycles. The number of hydrogen-bond acceptors (Lipinski definition) is 3. The van der Waals surface area contributed by atoms with Gasteiger partial charge in [-0.25, -0.2) is 0 Å². The molecule has 0 bridgehead atoms. The lowest BCUT2D eigenvalue weighted by atomic mass is 10.1. The van der Waals surface area contributed by atoms with Gasteiger partial charge in [-0.05, 0) is 19.3 Å². The normalized spacial score (nSPS) is 23.5. The Morgan fingerprint density at radius 1 is 1.41 bits per heavy atom. The Morgan fingerprint density at radius 3 is 2.68 bits per heavy atom. The van der Waals surface area contributed by atoms with Crippen molar-refractivity contribution in [2.45, 2.75) is 70.4 Å². The Labute approximate surface area is 139 Å². The second-order valence-electron chi connectivity index (χ2n) is 6.47. The third kappa shape index (κ3) is 4.85. The van der Waals surface area contributed by atoms with E-state index in [4.69, 9.17) is 5.73 Å². The molecule has 1 heterocycles. The summed E-state index contributed by atoms with van der Waals surface area (Å²) >= 11 is 0. The van der Waals surface area contributed by atoms with Gasteiger partial charge in [0.1, 0.15) is 0 Å². The second kappa shape index (κ2) is 9.36. The molecule has 1 saturated heterocycles. The van der Waals surface area contributed by atoms with Gasteiger partial charge in [0.2, 0.25) is 11.8 Å². The fraction of sp³-hybridized carbons (Fsp3) is 0.875. The lowest BCUT2D eigenvalue weighted by Crippen LogP contribution is -2.44. The van der Waals surface area contributed by atoms with Crippen LogP contribution in [0, 0.1) is 5.92 Å². The molecule has 0 aromatic carbocycles. The van der Waals surface area contributed by atoms with Gasteiger partial charge in [0.05, 0.1) is 5.92 Å². The predicted octanol–water partition coefficient (Wildman–Crippen LogP) is 1.83. The molecule has 5 nitrogen and oxygen atoms in total. The molecule has 2 unspecified atom stereocenters. The Kier molecular flexibility index (Phi) is 8.18. The number of unbranched alkanes of at least 4 members (excludes halogenated alkanes) is 1. The summed E-state index contributed by atoms with van der Waals surface area (Å²) in [6.07, 6.45) is 8.07. The fourth-order valence-electron chi connectivity index (χ4n) is 3.49. The first-order valence-corrected chi connectivity index (χ1v) is 8.45. The molecule has 2 amide bonds. The number of nitrogens with one attached hydrogen (secondary N) is 1. The van der Waals surface area contributed by atoms with Crippen LogP contribution in [0.4, 0.5) is 0 Å². The molecule has 6 heteroatoms. The number of nitrogens with zero attached hydrogens (tertiary/aromatic N) is 1. The van der Waals surface area contributed by atoms with Crippen molar-refractivity contribution in [3.05, 3.63) is 0 Å². The zero-order chi connectivity index (χ0) is 15.2. The van der Waals surface area contributed by atoms with E-state index in [1.807, 2.05) is 4.90 Å². The summed E-state index contributed by atoms with van der Waals surface area (Å²) in [5.41, 5.74) is 5.72. The maximum absolute atomic E-state index is 12.3. The zero-order valence-electron chi connectivity index (χ0n) is 13.6. The van der Waals surface area contributed by atoms with E-state index in [2.05, 4.69) is 12.2 Å². The van der Waals surface area contributed by atoms with Gasteiger partial charge in [0, 0.05) is 31.6 Å². The maximum Gasteiger partial charge on any atom is 0.225 e. The van der Waals surface area contributed by atoms with Gasteiger partial charge in [-0.1, -0.05) is 32.6 Å². The van der Waals surface area contributed by atoms with Gasteiger partial charge >= 0.3 is 0 Å². The van der Waals surface area contributed by atoms with Crippen LogP contribution < -0.4 is 11.1 Å². The average Bonchev–Trinajstić information content (AvgIpc) is 3.12. The highest BCUT2D eigenvalue weighted by atomic mass is 35.5. The number of nitrogens with two attached hydrogens (primary N) is 1. The molecule has 0 aromatic heterocycles.